The predicted molar refractivity (Wildman–Crippen MR) is 63.9 cm³/mol. The van der Waals surface area contributed by atoms with Gasteiger partial charge in [0.05, 0.1) is 5.75 Å². The Morgan fingerprint density at radius 3 is 2.80 bits per heavy atom. The first-order valence-corrected chi connectivity index (χ1v) is 5.76. The van der Waals surface area contributed by atoms with E-state index in [9.17, 15) is 0 Å². The highest BCUT2D eigenvalue weighted by atomic mass is 32.2. The molecule has 0 atom stereocenters. The lowest BCUT2D eigenvalue weighted by molar-refractivity contribution is 0.501. The Balaban J connectivity index is 1.99. The molecule has 2 N–H and O–H groups in total. The van der Waals surface area contributed by atoms with Gasteiger partial charge in [0.1, 0.15) is 11.5 Å². The van der Waals surface area contributed by atoms with Gasteiger partial charge in [0.2, 0.25) is 0 Å². The molecule has 0 fully saturated rings. The largest absolute Gasteiger partial charge is 0.465 e. The predicted octanol–water partition coefficient (Wildman–Crippen LogP) is 3.46. The number of nitrogens with two attached hydrogens (primary N) is 1. The molecule has 2 aromatic rings. The van der Waals surface area contributed by atoms with E-state index in [0.717, 1.165) is 23.0 Å². The summed E-state index contributed by atoms with van der Waals surface area (Å²) in [7, 11) is 0. The highest BCUT2D eigenvalue weighted by Crippen LogP contribution is 2.24. The van der Waals surface area contributed by atoms with Crippen molar-refractivity contribution in [2.75, 3.05) is 5.73 Å². The third-order valence-corrected chi connectivity index (χ3v) is 3.05. The second kappa shape index (κ2) is 4.45. The van der Waals surface area contributed by atoms with E-state index in [2.05, 4.69) is 6.07 Å². The molecule has 2 nitrogen and oxygen atoms in total. The molecule has 0 amide bonds. The third-order valence-electron chi connectivity index (χ3n) is 2.04. The second-order valence-corrected chi connectivity index (χ2v) is 4.42. The van der Waals surface area contributed by atoms with E-state index >= 15 is 0 Å². The maximum absolute atomic E-state index is 5.69. The highest BCUT2D eigenvalue weighted by molar-refractivity contribution is 7.98. The fourth-order valence-electron chi connectivity index (χ4n) is 1.32. The minimum absolute atomic E-state index is 0.802. The quantitative estimate of drug-likeness (QED) is 0.634. The van der Waals surface area contributed by atoms with Crippen LogP contribution in [0.2, 0.25) is 0 Å². The molecule has 0 aliphatic carbocycles. The molecule has 0 unspecified atom stereocenters. The molecule has 0 spiro atoms. The van der Waals surface area contributed by atoms with Crippen molar-refractivity contribution in [2.24, 2.45) is 0 Å². The molecule has 1 heterocycles. The number of hydrogen-bond donors (Lipinski definition) is 1. The standard InChI is InChI=1S/C12H13NOS/c1-9-5-6-11(14-9)8-15-12-4-2-3-10(13)7-12/h2-7H,8,13H2,1H3. The van der Waals surface area contributed by atoms with Crippen LogP contribution in [0.4, 0.5) is 5.69 Å². The molecule has 0 saturated carbocycles. The summed E-state index contributed by atoms with van der Waals surface area (Å²) in [5.41, 5.74) is 6.50. The lowest BCUT2D eigenvalue weighted by Gasteiger charge is -2.00. The molecule has 0 radical (unpaired) electrons. The summed E-state index contributed by atoms with van der Waals surface area (Å²) < 4.78 is 5.48. The van der Waals surface area contributed by atoms with Crippen molar-refractivity contribution >= 4 is 17.4 Å². The molecule has 0 aliphatic heterocycles. The van der Waals surface area contributed by atoms with Crippen molar-refractivity contribution in [2.45, 2.75) is 17.6 Å². The van der Waals surface area contributed by atoms with E-state index in [0.29, 0.717) is 0 Å². The average molecular weight is 219 g/mol. The Hall–Kier alpha value is -1.35. The highest BCUT2D eigenvalue weighted by Gasteiger charge is 2.00. The zero-order valence-electron chi connectivity index (χ0n) is 8.57. The fourth-order valence-corrected chi connectivity index (χ4v) is 2.18. The van der Waals surface area contributed by atoms with Gasteiger partial charge in [-0.25, -0.2) is 0 Å². The topological polar surface area (TPSA) is 39.2 Å². The fraction of sp³-hybridized carbons (Fsp3) is 0.167. The van der Waals surface area contributed by atoms with Crippen LogP contribution >= 0.6 is 11.8 Å². The van der Waals surface area contributed by atoms with Crippen LogP contribution in [0.1, 0.15) is 11.5 Å². The summed E-state index contributed by atoms with van der Waals surface area (Å²) >= 11 is 1.73. The molecule has 1 aromatic heterocycles. The Labute approximate surface area is 93.5 Å². The number of anilines is 1. The maximum atomic E-state index is 5.69. The van der Waals surface area contributed by atoms with Crippen LogP contribution in [0.25, 0.3) is 0 Å². The smallest absolute Gasteiger partial charge is 0.114 e. The number of thioether (sulfide) groups is 1. The monoisotopic (exact) mass is 219 g/mol. The first kappa shape index (κ1) is 10.2. The van der Waals surface area contributed by atoms with Gasteiger partial charge in [-0.2, -0.15) is 0 Å². The van der Waals surface area contributed by atoms with Crippen LogP contribution in [0.5, 0.6) is 0 Å². The van der Waals surface area contributed by atoms with Gasteiger partial charge in [-0.15, -0.1) is 11.8 Å². The zero-order valence-corrected chi connectivity index (χ0v) is 9.38. The van der Waals surface area contributed by atoms with E-state index in [-0.39, 0.29) is 0 Å². The van der Waals surface area contributed by atoms with Crippen LogP contribution in [0.15, 0.2) is 45.7 Å². The van der Waals surface area contributed by atoms with E-state index in [4.69, 9.17) is 10.2 Å². The van der Waals surface area contributed by atoms with Crippen LogP contribution in [-0.4, -0.2) is 0 Å². The summed E-state index contributed by atoms with van der Waals surface area (Å²) in [5, 5.41) is 0. The van der Waals surface area contributed by atoms with Gasteiger partial charge in [0.15, 0.2) is 0 Å². The summed E-state index contributed by atoms with van der Waals surface area (Å²) in [4.78, 5) is 1.17. The molecule has 0 saturated heterocycles. The third kappa shape index (κ3) is 2.80. The SMILES string of the molecule is Cc1ccc(CSc2cccc(N)c2)o1. The number of furan rings is 1. The summed E-state index contributed by atoms with van der Waals surface area (Å²) in [6.07, 6.45) is 0. The maximum Gasteiger partial charge on any atom is 0.114 e. The normalized spacial score (nSPS) is 10.5. The number of aryl methyl sites for hydroxylation is 1. The van der Waals surface area contributed by atoms with Crippen LogP contribution < -0.4 is 5.73 Å². The van der Waals surface area contributed by atoms with E-state index in [1.807, 2.05) is 37.3 Å². The van der Waals surface area contributed by atoms with Crippen molar-refractivity contribution in [1.29, 1.82) is 0 Å². The van der Waals surface area contributed by atoms with Gasteiger partial charge < -0.3 is 10.2 Å². The number of rotatable bonds is 3. The van der Waals surface area contributed by atoms with Crippen molar-refractivity contribution in [1.82, 2.24) is 0 Å². The lowest BCUT2D eigenvalue weighted by Crippen LogP contribution is -1.83. The molecular formula is C12H13NOS. The summed E-state index contributed by atoms with van der Waals surface area (Å²) in [6.45, 7) is 1.95. The number of hydrogen-bond acceptors (Lipinski definition) is 3. The number of benzene rings is 1. The summed E-state index contributed by atoms with van der Waals surface area (Å²) in [6, 6.07) is 11.9. The van der Waals surface area contributed by atoms with Crippen LogP contribution in [0.3, 0.4) is 0 Å². The first-order valence-electron chi connectivity index (χ1n) is 4.78. The van der Waals surface area contributed by atoms with Crippen LogP contribution in [-0.2, 0) is 5.75 Å². The van der Waals surface area contributed by atoms with Crippen molar-refractivity contribution in [3.05, 3.63) is 47.9 Å². The molecule has 78 valence electrons. The Kier molecular flexibility index (Phi) is 3.02. The molecule has 3 heteroatoms. The van der Waals surface area contributed by atoms with Gasteiger partial charge in [-0.1, -0.05) is 6.07 Å². The van der Waals surface area contributed by atoms with Gasteiger partial charge in [-0.05, 0) is 37.3 Å². The number of nitrogen functional groups attached to an aromatic ring is 1. The van der Waals surface area contributed by atoms with E-state index < -0.39 is 0 Å². The molecule has 0 aliphatic rings. The minimum Gasteiger partial charge on any atom is -0.465 e. The van der Waals surface area contributed by atoms with E-state index in [1.165, 1.54) is 4.90 Å². The van der Waals surface area contributed by atoms with Crippen molar-refractivity contribution in [3.63, 3.8) is 0 Å². The lowest BCUT2D eigenvalue weighted by atomic mass is 10.3. The second-order valence-electron chi connectivity index (χ2n) is 3.37. The van der Waals surface area contributed by atoms with Crippen LogP contribution in [0, 0.1) is 6.92 Å². The average Bonchev–Trinajstić information content (AvgIpc) is 2.62. The molecule has 1 aromatic carbocycles. The Morgan fingerprint density at radius 2 is 2.13 bits per heavy atom. The molecule has 15 heavy (non-hydrogen) atoms. The van der Waals surface area contributed by atoms with Gasteiger partial charge in [-0.3, -0.25) is 0 Å². The van der Waals surface area contributed by atoms with Gasteiger partial charge >= 0.3 is 0 Å². The molecule has 0 bridgehead atoms. The van der Waals surface area contributed by atoms with Crippen molar-refractivity contribution < 1.29 is 4.42 Å². The summed E-state index contributed by atoms with van der Waals surface area (Å²) in [5.74, 6) is 2.80. The Morgan fingerprint density at radius 1 is 1.27 bits per heavy atom. The van der Waals surface area contributed by atoms with E-state index in [1.54, 1.807) is 11.8 Å². The molecular weight excluding hydrogens is 206 g/mol. The minimum atomic E-state index is 0.802. The zero-order chi connectivity index (χ0) is 10.7. The van der Waals surface area contributed by atoms with Gasteiger partial charge in [0.25, 0.3) is 0 Å². The first-order chi connectivity index (χ1) is 7.24. The van der Waals surface area contributed by atoms with Gasteiger partial charge in [0, 0.05) is 10.6 Å². The molecule has 2 rings (SSSR count). The van der Waals surface area contributed by atoms with Crippen molar-refractivity contribution in [3.8, 4) is 0 Å². The Bertz CT molecular complexity index is 450.